The summed E-state index contributed by atoms with van der Waals surface area (Å²) in [4.78, 5) is 50.5. The Morgan fingerprint density at radius 2 is 1.66 bits per heavy atom. The summed E-state index contributed by atoms with van der Waals surface area (Å²) in [7, 11) is 0. The van der Waals surface area contributed by atoms with Gasteiger partial charge in [-0.3, -0.25) is 19.3 Å². The summed E-state index contributed by atoms with van der Waals surface area (Å²) < 4.78 is 6.53. The van der Waals surface area contributed by atoms with Crippen molar-refractivity contribution in [3.8, 4) is 0 Å². The number of nitrogens with one attached hydrogen (secondary N) is 1. The number of tetrazole rings is 1. The number of hydrogen-bond acceptors (Lipinski definition) is 8. The zero-order valence-electron chi connectivity index (χ0n) is 16.8. The van der Waals surface area contributed by atoms with Gasteiger partial charge < -0.3 is 10.1 Å². The molecule has 162 valence electrons. The molecule has 11 heteroatoms. The predicted molar refractivity (Wildman–Crippen MR) is 110 cm³/mol. The van der Waals surface area contributed by atoms with Crippen molar-refractivity contribution in [1.29, 1.82) is 0 Å². The number of carbonyl (C=O) groups excluding carboxylic acids is 4. The van der Waals surface area contributed by atoms with Crippen LogP contribution in [0, 0.1) is 0 Å². The number of benzene rings is 2. The van der Waals surface area contributed by atoms with E-state index < -0.39 is 11.9 Å². The second-order valence-electron chi connectivity index (χ2n) is 6.90. The summed E-state index contributed by atoms with van der Waals surface area (Å²) in [6.07, 6.45) is 1.58. The molecule has 0 fully saturated rings. The first kappa shape index (κ1) is 20.8. The number of fused-ring (bicyclic) bond motifs is 1. The SMILES string of the molecule is O=C(Cn1cnnn1)Nc1ccccc1C(=O)OCCCN1C(=O)c2ccccc2C1=O. The zero-order valence-corrected chi connectivity index (χ0v) is 16.8. The molecule has 0 bridgehead atoms. The van der Waals surface area contributed by atoms with Gasteiger partial charge in [0.25, 0.3) is 11.8 Å². The predicted octanol–water partition coefficient (Wildman–Crippen LogP) is 1.15. The number of rotatable bonds is 8. The van der Waals surface area contributed by atoms with E-state index in [0.29, 0.717) is 11.1 Å². The van der Waals surface area contributed by atoms with Gasteiger partial charge in [-0.05, 0) is 41.1 Å². The van der Waals surface area contributed by atoms with E-state index in [1.165, 1.54) is 17.1 Å². The fraction of sp³-hybridized carbons (Fsp3) is 0.190. The lowest BCUT2D eigenvalue weighted by Crippen LogP contribution is -2.31. The number of aromatic nitrogens is 4. The number of anilines is 1. The first-order valence-electron chi connectivity index (χ1n) is 9.76. The minimum absolute atomic E-state index is 0.000848. The van der Waals surface area contributed by atoms with E-state index in [1.54, 1.807) is 42.5 Å². The molecule has 1 aliphatic rings. The van der Waals surface area contributed by atoms with Crippen LogP contribution < -0.4 is 5.32 Å². The van der Waals surface area contributed by atoms with Gasteiger partial charge in [0.15, 0.2) is 0 Å². The lowest BCUT2D eigenvalue weighted by molar-refractivity contribution is -0.116. The van der Waals surface area contributed by atoms with Gasteiger partial charge in [0.05, 0.1) is 29.0 Å². The third-order valence-electron chi connectivity index (χ3n) is 4.76. The minimum atomic E-state index is -0.634. The number of imide groups is 1. The topological polar surface area (TPSA) is 136 Å². The van der Waals surface area contributed by atoms with E-state index in [2.05, 4.69) is 20.8 Å². The van der Waals surface area contributed by atoms with Crippen molar-refractivity contribution in [1.82, 2.24) is 25.1 Å². The van der Waals surface area contributed by atoms with Crippen molar-refractivity contribution in [3.63, 3.8) is 0 Å². The van der Waals surface area contributed by atoms with Crippen LogP contribution in [0.4, 0.5) is 5.69 Å². The number of nitrogens with zero attached hydrogens (tertiary/aromatic N) is 5. The molecule has 0 saturated carbocycles. The van der Waals surface area contributed by atoms with Crippen LogP contribution >= 0.6 is 0 Å². The van der Waals surface area contributed by atoms with E-state index in [-0.39, 0.29) is 49.2 Å². The molecule has 0 aliphatic carbocycles. The molecule has 0 saturated heterocycles. The number of amides is 3. The Kier molecular flexibility index (Phi) is 5.97. The van der Waals surface area contributed by atoms with Gasteiger partial charge >= 0.3 is 5.97 Å². The van der Waals surface area contributed by atoms with Crippen molar-refractivity contribution in [3.05, 3.63) is 71.5 Å². The fourth-order valence-corrected chi connectivity index (χ4v) is 3.27. The van der Waals surface area contributed by atoms with Crippen LogP contribution in [0.2, 0.25) is 0 Å². The molecular formula is C21H18N6O5. The maximum atomic E-state index is 12.5. The van der Waals surface area contributed by atoms with Gasteiger partial charge in [-0.25, -0.2) is 9.48 Å². The van der Waals surface area contributed by atoms with Crippen LogP contribution in [0.3, 0.4) is 0 Å². The van der Waals surface area contributed by atoms with Crippen LogP contribution in [0.15, 0.2) is 54.9 Å². The third-order valence-corrected chi connectivity index (χ3v) is 4.76. The van der Waals surface area contributed by atoms with Crippen molar-refractivity contribution in [2.75, 3.05) is 18.5 Å². The van der Waals surface area contributed by atoms with Crippen molar-refractivity contribution < 1.29 is 23.9 Å². The van der Waals surface area contributed by atoms with Crippen LogP contribution in [-0.2, 0) is 16.1 Å². The molecule has 2 aromatic carbocycles. The first-order chi connectivity index (χ1) is 15.5. The second kappa shape index (κ2) is 9.16. The van der Waals surface area contributed by atoms with Crippen molar-refractivity contribution >= 4 is 29.4 Å². The molecule has 1 aromatic heterocycles. The van der Waals surface area contributed by atoms with Crippen LogP contribution in [-0.4, -0.2) is 61.9 Å². The Hall–Kier alpha value is -4.41. The normalized spacial score (nSPS) is 12.6. The first-order valence-corrected chi connectivity index (χ1v) is 9.76. The Balaban J connectivity index is 1.30. The lowest BCUT2D eigenvalue weighted by Gasteiger charge is -2.14. The molecule has 0 spiro atoms. The average Bonchev–Trinajstić information content (AvgIpc) is 3.39. The lowest BCUT2D eigenvalue weighted by atomic mass is 10.1. The summed E-state index contributed by atoms with van der Waals surface area (Å²) in [6, 6.07) is 13.0. The fourth-order valence-electron chi connectivity index (χ4n) is 3.27. The second-order valence-corrected chi connectivity index (χ2v) is 6.90. The largest absolute Gasteiger partial charge is 0.462 e. The highest BCUT2D eigenvalue weighted by atomic mass is 16.5. The summed E-state index contributed by atoms with van der Waals surface area (Å²) in [5, 5.41) is 13.2. The number of esters is 1. The van der Waals surface area contributed by atoms with Crippen LogP contribution in [0.25, 0.3) is 0 Å². The minimum Gasteiger partial charge on any atom is -0.462 e. The molecule has 0 radical (unpaired) electrons. The molecule has 1 N–H and O–H groups in total. The number of hydrogen-bond donors (Lipinski definition) is 1. The molecule has 32 heavy (non-hydrogen) atoms. The molecule has 4 rings (SSSR count). The maximum absolute atomic E-state index is 12.5. The van der Waals surface area contributed by atoms with Crippen LogP contribution in [0.5, 0.6) is 0 Å². The Labute approximate surface area is 182 Å². The number of para-hydroxylation sites is 1. The van der Waals surface area contributed by atoms with E-state index in [4.69, 9.17) is 4.74 Å². The van der Waals surface area contributed by atoms with Gasteiger partial charge in [-0.2, -0.15) is 0 Å². The Bertz CT molecular complexity index is 1140. The van der Waals surface area contributed by atoms with E-state index >= 15 is 0 Å². The molecule has 2 heterocycles. The van der Waals surface area contributed by atoms with Gasteiger partial charge in [-0.1, -0.05) is 24.3 Å². The molecule has 3 amide bonds. The highest BCUT2D eigenvalue weighted by Crippen LogP contribution is 2.22. The molecular weight excluding hydrogens is 416 g/mol. The maximum Gasteiger partial charge on any atom is 0.340 e. The van der Waals surface area contributed by atoms with E-state index in [9.17, 15) is 19.2 Å². The van der Waals surface area contributed by atoms with Gasteiger partial charge in [0, 0.05) is 6.54 Å². The number of carbonyl (C=O) groups is 4. The summed E-state index contributed by atoms with van der Waals surface area (Å²) in [5.41, 5.74) is 1.22. The molecule has 11 nitrogen and oxygen atoms in total. The average molecular weight is 434 g/mol. The monoisotopic (exact) mass is 434 g/mol. The van der Waals surface area contributed by atoms with E-state index in [1.807, 2.05) is 0 Å². The van der Waals surface area contributed by atoms with E-state index in [0.717, 1.165) is 4.90 Å². The quantitative estimate of drug-likeness (QED) is 0.317. The number of ether oxygens (including phenoxy) is 1. The summed E-state index contributed by atoms with van der Waals surface area (Å²) >= 11 is 0. The zero-order chi connectivity index (χ0) is 22.5. The summed E-state index contributed by atoms with van der Waals surface area (Å²) in [6.45, 7) is 0.0136. The smallest absolute Gasteiger partial charge is 0.340 e. The van der Waals surface area contributed by atoms with Gasteiger partial charge in [0.1, 0.15) is 12.9 Å². The van der Waals surface area contributed by atoms with Crippen molar-refractivity contribution in [2.45, 2.75) is 13.0 Å². The van der Waals surface area contributed by atoms with Crippen molar-refractivity contribution in [2.24, 2.45) is 0 Å². The highest BCUT2D eigenvalue weighted by molar-refractivity contribution is 6.21. The van der Waals surface area contributed by atoms with Crippen LogP contribution in [0.1, 0.15) is 37.5 Å². The molecule has 0 atom stereocenters. The highest BCUT2D eigenvalue weighted by Gasteiger charge is 2.34. The molecule has 3 aromatic rings. The van der Waals surface area contributed by atoms with Gasteiger partial charge in [0.2, 0.25) is 5.91 Å². The summed E-state index contributed by atoms with van der Waals surface area (Å²) in [5.74, 6) is -1.76. The standard InChI is InChI=1S/C21H18N6O5/c28-18(12-26-13-22-24-25-26)23-17-9-4-3-8-16(17)21(31)32-11-5-10-27-19(29)14-6-1-2-7-15(14)20(27)30/h1-4,6-9,13H,5,10-12H2,(H,23,28). The molecule has 1 aliphatic heterocycles. The van der Waals surface area contributed by atoms with Gasteiger partial charge in [-0.15, -0.1) is 5.10 Å². The molecule has 0 unspecified atom stereocenters. The third kappa shape index (κ3) is 4.36. The Morgan fingerprint density at radius 1 is 0.969 bits per heavy atom. The Morgan fingerprint density at radius 3 is 2.34 bits per heavy atom.